The van der Waals surface area contributed by atoms with Crippen molar-refractivity contribution >= 4 is 16.7 Å². The van der Waals surface area contributed by atoms with E-state index in [4.69, 9.17) is 9.47 Å². The van der Waals surface area contributed by atoms with Gasteiger partial charge in [-0.1, -0.05) is 62.4 Å². The van der Waals surface area contributed by atoms with Crippen molar-refractivity contribution in [3.05, 3.63) is 71.8 Å². The summed E-state index contributed by atoms with van der Waals surface area (Å²) in [6.45, 7) is 7.93. The fourth-order valence-corrected chi connectivity index (χ4v) is 5.24. The number of ether oxygens (including phenoxy) is 2. The van der Waals surface area contributed by atoms with Crippen LogP contribution in [0.2, 0.25) is 0 Å². The van der Waals surface area contributed by atoms with Gasteiger partial charge in [0.2, 0.25) is 12.7 Å². The largest absolute Gasteiger partial charge is 0.454 e. The van der Waals surface area contributed by atoms with Crippen molar-refractivity contribution in [3.8, 4) is 11.5 Å². The molecule has 0 saturated carbocycles. The zero-order valence-electron chi connectivity index (χ0n) is 20.6. The molecule has 1 amide bonds. The van der Waals surface area contributed by atoms with Crippen molar-refractivity contribution in [1.29, 1.82) is 0 Å². The first-order chi connectivity index (χ1) is 17.1. The second-order valence-corrected chi connectivity index (χ2v) is 10.0. The molecule has 0 radical (unpaired) electrons. The highest BCUT2D eigenvalue weighted by atomic mass is 16.7. The quantitative estimate of drug-likeness (QED) is 0.490. The molecule has 5 rings (SSSR count). The normalized spacial score (nSPS) is 19.5. The first-order valence-corrected chi connectivity index (χ1v) is 12.7. The van der Waals surface area contributed by atoms with E-state index in [1.54, 1.807) is 0 Å². The Morgan fingerprint density at radius 2 is 1.89 bits per heavy atom. The molecular formula is C29H35N3O3. The fraction of sp³-hybridized carbons (Fsp3) is 0.414. The molecule has 2 aliphatic heterocycles. The number of hydrogen-bond acceptors (Lipinski definition) is 5. The van der Waals surface area contributed by atoms with E-state index >= 15 is 0 Å². The molecule has 6 heteroatoms. The Labute approximate surface area is 207 Å². The molecule has 184 valence electrons. The summed E-state index contributed by atoms with van der Waals surface area (Å²) in [5, 5.41) is 9.47. The number of benzene rings is 3. The third-order valence-electron chi connectivity index (χ3n) is 6.92. The molecule has 0 unspecified atom stereocenters. The van der Waals surface area contributed by atoms with Crippen LogP contribution in [0.3, 0.4) is 0 Å². The topological polar surface area (TPSA) is 62.8 Å². The van der Waals surface area contributed by atoms with E-state index in [9.17, 15) is 4.79 Å². The molecule has 2 aliphatic rings. The van der Waals surface area contributed by atoms with Crippen molar-refractivity contribution in [2.75, 3.05) is 26.4 Å². The second-order valence-electron chi connectivity index (χ2n) is 10.0. The number of likely N-dealkylation sites (tertiary alicyclic amines) is 1. The van der Waals surface area contributed by atoms with Crippen molar-refractivity contribution in [2.24, 2.45) is 5.92 Å². The molecule has 3 aromatic carbocycles. The monoisotopic (exact) mass is 473 g/mol. The zero-order valence-corrected chi connectivity index (χ0v) is 20.6. The second kappa shape index (κ2) is 10.7. The van der Waals surface area contributed by atoms with Gasteiger partial charge in [-0.05, 0) is 52.8 Å². The highest BCUT2D eigenvalue weighted by Gasteiger charge is 2.36. The van der Waals surface area contributed by atoms with Crippen molar-refractivity contribution in [3.63, 3.8) is 0 Å². The lowest BCUT2D eigenvalue weighted by molar-refractivity contribution is -0.125. The predicted octanol–water partition coefficient (Wildman–Crippen LogP) is 4.12. The summed E-state index contributed by atoms with van der Waals surface area (Å²) in [6, 6.07) is 21.1. The van der Waals surface area contributed by atoms with E-state index in [-0.39, 0.29) is 24.8 Å². The first kappa shape index (κ1) is 23.6. The van der Waals surface area contributed by atoms with Crippen LogP contribution in [-0.4, -0.2) is 49.3 Å². The molecule has 1 saturated heterocycles. The van der Waals surface area contributed by atoms with Gasteiger partial charge in [0.05, 0.1) is 6.04 Å². The summed E-state index contributed by atoms with van der Waals surface area (Å²) < 4.78 is 10.8. The predicted molar refractivity (Wildman–Crippen MR) is 139 cm³/mol. The maximum atomic E-state index is 13.2. The highest BCUT2D eigenvalue weighted by Crippen LogP contribution is 2.32. The number of carbonyl (C=O) groups excluding carboxylic acids is 1. The van der Waals surface area contributed by atoms with Gasteiger partial charge in [-0.3, -0.25) is 9.69 Å². The van der Waals surface area contributed by atoms with Crippen LogP contribution >= 0.6 is 0 Å². The summed E-state index contributed by atoms with van der Waals surface area (Å²) in [6.07, 6.45) is 1.59. The molecule has 35 heavy (non-hydrogen) atoms. The van der Waals surface area contributed by atoms with Crippen molar-refractivity contribution < 1.29 is 14.3 Å². The number of rotatable bonds is 9. The van der Waals surface area contributed by atoms with Gasteiger partial charge in [-0.25, -0.2) is 0 Å². The van der Waals surface area contributed by atoms with Crippen LogP contribution in [0, 0.1) is 5.92 Å². The fourth-order valence-electron chi connectivity index (χ4n) is 5.24. The zero-order chi connectivity index (χ0) is 24.2. The number of nitrogens with one attached hydrogen (secondary N) is 2. The van der Waals surface area contributed by atoms with Crippen molar-refractivity contribution in [1.82, 2.24) is 15.5 Å². The lowest BCUT2D eigenvalue weighted by Crippen LogP contribution is -2.45. The Morgan fingerprint density at radius 1 is 1.06 bits per heavy atom. The van der Waals surface area contributed by atoms with E-state index in [0.717, 1.165) is 49.5 Å². The third-order valence-corrected chi connectivity index (χ3v) is 6.92. The lowest BCUT2D eigenvalue weighted by atomic mass is 10.0. The molecule has 2 heterocycles. The average Bonchev–Trinajstić information content (AvgIpc) is 3.49. The summed E-state index contributed by atoms with van der Waals surface area (Å²) >= 11 is 0. The minimum Gasteiger partial charge on any atom is -0.454 e. The van der Waals surface area contributed by atoms with Gasteiger partial charge in [-0.2, -0.15) is 0 Å². The summed E-state index contributed by atoms with van der Waals surface area (Å²) in [7, 11) is 0. The van der Waals surface area contributed by atoms with E-state index < -0.39 is 0 Å². The van der Waals surface area contributed by atoms with Gasteiger partial charge in [0.15, 0.2) is 11.5 Å². The van der Waals surface area contributed by atoms with E-state index in [1.165, 1.54) is 16.3 Å². The van der Waals surface area contributed by atoms with Gasteiger partial charge in [0.25, 0.3) is 0 Å². The minimum absolute atomic E-state index is 0.0980. The first-order valence-electron chi connectivity index (χ1n) is 12.7. The van der Waals surface area contributed by atoms with Gasteiger partial charge in [0, 0.05) is 32.2 Å². The van der Waals surface area contributed by atoms with E-state index in [1.807, 2.05) is 18.2 Å². The Kier molecular flexibility index (Phi) is 7.21. The summed E-state index contributed by atoms with van der Waals surface area (Å²) in [5.41, 5.74) is 2.43. The average molecular weight is 474 g/mol. The molecule has 0 bridgehead atoms. The van der Waals surface area contributed by atoms with Crippen molar-refractivity contribution in [2.45, 2.75) is 45.3 Å². The smallest absolute Gasteiger partial charge is 0.237 e. The van der Waals surface area contributed by atoms with Gasteiger partial charge in [-0.15, -0.1) is 0 Å². The number of fused-ring (bicyclic) bond motifs is 2. The summed E-state index contributed by atoms with van der Waals surface area (Å²) in [5.74, 6) is 2.21. The minimum atomic E-state index is -0.0980. The van der Waals surface area contributed by atoms with Crippen LogP contribution in [-0.2, 0) is 17.8 Å². The van der Waals surface area contributed by atoms with Crippen LogP contribution in [0.4, 0.5) is 0 Å². The number of hydrogen-bond donors (Lipinski definition) is 2. The molecular weight excluding hydrogens is 438 g/mol. The van der Waals surface area contributed by atoms with Crippen LogP contribution in [0.5, 0.6) is 11.5 Å². The van der Waals surface area contributed by atoms with E-state index in [0.29, 0.717) is 12.5 Å². The van der Waals surface area contributed by atoms with Crippen LogP contribution in [0.25, 0.3) is 10.8 Å². The Hall–Kier alpha value is -3.09. The molecule has 3 aromatic rings. The molecule has 1 fully saturated rings. The number of amides is 1. The van der Waals surface area contributed by atoms with Gasteiger partial charge >= 0.3 is 0 Å². The maximum Gasteiger partial charge on any atom is 0.237 e. The standard InChI is InChI=1S/C29H35N3O3/c1-20(2)17-32-18-24(31-16-23-8-5-7-22-6-3-4-9-25(22)23)15-26(32)29(33)30-13-12-21-10-11-27-28(14-21)35-19-34-27/h3-11,14,20,24,26,31H,12-13,15-19H2,1-2H3,(H,30,33)/t24-,26+/m1/s1. The lowest BCUT2D eigenvalue weighted by Gasteiger charge is -2.25. The SMILES string of the molecule is CC(C)CN1C[C@H](NCc2cccc3ccccc23)C[C@H]1C(=O)NCCc1ccc2c(c1)OCO2. The molecule has 2 atom stereocenters. The summed E-state index contributed by atoms with van der Waals surface area (Å²) in [4.78, 5) is 15.5. The van der Waals surface area contributed by atoms with Gasteiger partial charge < -0.3 is 20.1 Å². The number of nitrogens with zero attached hydrogens (tertiary/aromatic N) is 1. The Morgan fingerprint density at radius 3 is 2.77 bits per heavy atom. The Balaban J connectivity index is 1.17. The number of carbonyl (C=O) groups is 1. The molecule has 6 nitrogen and oxygen atoms in total. The molecule has 0 aromatic heterocycles. The van der Waals surface area contributed by atoms with Gasteiger partial charge in [0.1, 0.15) is 0 Å². The molecule has 0 aliphatic carbocycles. The van der Waals surface area contributed by atoms with E-state index in [2.05, 4.69) is 71.8 Å². The van der Waals surface area contributed by atoms with Crippen LogP contribution < -0.4 is 20.1 Å². The third kappa shape index (κ3) is 5.60. The maximum absolute atomic E-state index is 13.2. The van der Waals surface area contributed by atoms with Crippen LogP contribution in [0.15, 0.2) is 60.7 Å². The molecule has 2 N–H and O–H groups in total. The Bertz CT molecular complexity index is 1170. The molecule has 0 spiro atoms. The highest BCUT2D eigenvalue weighted by molar-refractivity contribution is 5.85. The van der Waals surface area contributed by atoms with Crippen LogP contribution in [0.1, 0.15) is 31.4 Å².